The van der Waals surface area contributed by atoms with Crippen LogP contribution in [0, 0.1) is 0 Å². The summed E-state index contributed by atoms with van der Waals surface area (Å²) in [7, 11) is 0. The van der Waals surface area contributed by atoms with E-state index in [0.717, 1.165) is 45.0 Å². The SMILES string of the molecule is Cl.Cl.ClCCN1CCN(C2c3ccccc3CC2Cl)CC1. The quantitative estimate of drug-likeness (QED) is 0.749. The zero-order valence-corrected chi connectivity index (χ0v) is 15.0. The van der Waals surface area contributed by atoms with Gasteiger partial charge in [0.1, 0.15) is 0 Å². The third-order valence-electron chi connectivity index (χ3n) is 4.33. The molecule has 0 saturated carbocycles. The Morgan fingerprint density at radius 3 is 2.38 bits per heavy atom. The molecule has 2 atom stereocenters. The van der Waals surface area contributed by atoms with Gasteiger partial charge in [-0.15, -0.1) is 48.0 Å². The highest BCUT2D eigenvalue weighted by Gasteiger charge is 2.36. The summed E-state index contributed by atoms with van der Waals surface area (Å²) in [5, 5.41) is 0.219. The lowest BCUT2D eigenvalue weighted by atomic mass is 10.1. The molecule has 1 fully saturated rings. The Morgan fingerprint density at radius 1 is 1.05 bits per heavy atom. The molecule has 2 unspecified atom stereocenters. The normalized spacial score (nSPS) is 25.8. The van der Waals surface area contributed by atoms with Crippen LogP contribution in [0.2, 0.25) is 0 Å². The number of piperazine rings is 1. The van der Waals surface area contributed by atoms with Crippen molar-refractivity contribution < 1.29 is 0 Å². The van der Waals surface area contributed by atoms with E-state index in [0.29, 0.717) is 6.04 Å². The third kappa shape index (κ3) is 4.19. The van der Waals surface area contributed by atoms with Crippen molar-refractivity contribution in [2.24, 2.45) is 0 Å². The van der Waals surface area contributed by atoms with Crippen LogP contribution in [-0.2, 0) is 6.42 Å². The Bertz CT molecular complexity index is 435. The average molecular weight is 372 g/mol. The van der Waals surface area contributed by atoms with Crippen LogP contribution < -0.4 is 0 Å². The first-order valence-corrected chi connectivity index (χ1v) is 8.01. The van der Waals surface area contributed by atoms with Crippen LogP contribution in [0.5, 0.6) is 0 Å². The maximum atomic E-state index is 6.60. The molecule has 1 aromatic rings. The highest BCUT2D eigenvalue weighted by molar-refractivity contribution is 6.21. The van der Waals surface area contributed by atoms with E-state index in [1.165, 1.54) is 11.1 Å². The number of alkyl halides is 2. The van der Waals surface area contributed by atoms with Crippen molar-refractivity contribution in [2.75, 3.05) is 38.6 Å². The summed E-state index contributed by atoms with van der Waals surface area (Å²) in [6, 6.07) is 9.10. The molecule has 0 radical (unpaired) electrons. The molecule has 21 heavy (non-hydrogen) atoms. The molecular formula is C15H22Cl4N2. The molecule has 0 spiro atoms. The van der Waals surface area contributed by atoms with Gasteiger partial charge in [0.2, 0.25) is 0 Å². The Labute approximate surface area is 149 Å². The van der Waals surface area contributed by atoms with Crippen molar-refractivity contribution in [1.82, 2.24) is 9.80 Å². The lowest BCUT2D eigenvalue weighted by Crippen LogP contribution is -2.49. The Kier molecular flexibility index (Phi) is 8.11. The van der Waals surface area contributed by atoms with Gasteiger partial charge >= 0.3 is 0 Å². The maximum absolute atomic E-state index is 6.60. The summed E-state index contributed by atoms with van der Waals surface area (Å²) >= 11 is 12.4. The van der Waals surface area contributed by atoms with Crippen LogP contribution in [0.1, 0.15) is 17.2 Å². The van der Waals surface area contributed by atoms with E-state index >= 15 is 0 Å². The fraction of sp³-hybridized carbons (Fsp3) is 0.600. The molecule has 1 aliphatic carbocycles. The number of halogens is 4. The summed E-state index contributed by atoms with van der Waals surface area (Å²) < 4.78 is 0. The predicted octanol–water partition coefficient (Wildman–Crippen LogP) is 3.59. The van der Waals surface area contributed by atoms with Crippen LogP contribution in [0.25, 0.3) is 0 Å². The average Bonchev–Trinajstić information content (AvgIpc) is 2.76. The molecule has 1 aromatic carbocycles. The van der Waals surface area contributed by atoms with Crippen molar-refractivity contribution in [3.05, 3.63) is 35.4 Å². The Hall–Kier alpha value is 0.300. The first kappa shape index (κ1) is 19.3. The van der Waals surface area contributed by atoms with Gasteiger partial charge in [0.05, 0.1) is 11.4 Å². The summed E-state index contributed by atoms with van der Waals surface area (Å²) in [6.07, 6.45) is 1.00. The molecular weight excluding hydrogens is 350 g/mol. The van der Waals surface area contributed by atoms with E-state index < -0.39 is 0 Å². The molecule has 2 aliphatic rings. The van der Waals surface area contributed by atoms with Crippen LogP contribution in [-0.4, -0.2) is 53.8 Å². The number of benzene rings is 1. The van der Waals surface area contributed by atoms with E-state index in [-0.39, 0.29) is 30.2 Å². The molecule has 0 amide bonds. The molecule has 6 heteroatoms. The van der Waals surface area contributed by atoms with Crippen molar-refractivity contribution in [3.8, 4) is 0 Å². The van der Waals surface area contributed by atoms with E-state index in [1.54, 1.807) is 0 Å². The van der Waals surface area contributed by atoms with E-state index in [4.69, 9.17) is 23.2 Å². The molecule has 1 heterocycles. The minimum atomic E-state index is 0. The van der Waals surface area contributed by atoms with Crippen molar-refractivity contribution in [3.63, 3.8) is 0 Å². The van der Waals surface area contributed by atoms with Gasteiger partial charge in [-0.25, -0.2) is 0 Å². The fourth-order valence-corrected chi connectivity index (χ4v) is 4.04. The monoisotopic (exact) mass is 370 g/mol. The predicted molar refractivity (Wildman–Crippen MR) is 95.8 cm³/mol. The number of rotatable bonds is 3. The summed E-state index contributed by atoms with van der Waals surface area (Å²) in [5.74, 6) is 0.727. The smallest absolute Gasteiger partial charge is 0.0573 e. The number of hydrogen-bond acceptors (Lipinski definition) is 2. The molecule has 1 aliphatic heterocycles. The van der Waals surface area contributed by atoms with E-state index in [2.05, 4.69) is 34.1 Å². The van der Waals surface area contributed by atoms with Crippen molar-refractivity contribution >= 4 is 48.0 Å². The number of hydrogen-bond donors (Lipinski definition) is 0. The second-order valence-corrected chi connectivity index (χ2v) is 6.37. The summed E-state index contributed by atoms with van der Waals surface area (Å²) in [6.45, 7) is 5.41. The minimum absolute atomic E-state index is 0. The van der Waals surface area contributed by atoms with Crippen molar-refractivity contribution in [1.29, 1.82) is 0 Å². The minimum Gasteiger partial charge on any atom is -0.300 e. The second-order valence-electron chi connectivity index (χ2n) is 5.43. The van der Waals surface area contributed by atoms with E-state index in [9.17, 15) is 0 Å². The molecule has 3 rings (SSSR count). The van der Waals surface area contributed by atoms with Gasteiger partial charge in [0.25, 0.3) is 0 Å². The van der Waals surface area contributed by atoms with Crippen molar-refractivity contribution in [2.45, 2.75) is 17.8 Å². The van der Waals surface area contributed by atoms with Crippen LogP contribution >= 0.6 is 48.0 Å². The first-order valence-electron chi connectivity index (χ1n) is 7.04. The fourth-order valence-electron chi connectivity index (χ4n) is 3.34. The largest absolute Gasteiger partial charge is 0.300 e. The van der Waals surface area contributed by atoms with Gasteiger partial charge in [0.15, 0.2) is 0 Å². The van der Waals surface area contributed by atoms with Gasteiger partial charge < -0.3 is 0 Å². The number of nitrogens with zero attached hydrogens (tertiary/aromatic N) is 2. The lowest BCUT2D eigenvalue weighted by Gasteiger charge is -2.39. The number of fused-ring (bicyclic) bond motifs is 1. The van der Waals surface area contributed by atoms with Gasteiger partial charge in [-0.2, -0.15) is 0 Å². The zero-order valence-electron chi connectivity index (χ0n) is 11.9. The second kappa shape index (κ2) is 8.81. The molecule has 0 N–H and O–H groups in total. The molecule has 2 nitrogen and oxygen atoms in total. The van der Waals surface area contributed by atoms with Gasteiger partial charge in [-0.1, -0.05) is 24.3 Å². The zero-order chi connectivity index (χ0) is 13.2. The Morgan fingerprint density at radius 2 is 1.71 bits per heavy atom. The van der Waals surface area contributed by atoms with E-state index in [1.807, 2.05) is 0 Å². The van der Waals surface area contributed by atoms with Gasteiger partial charge in [0, 0.05) is 38.6 Å². The van der Waals surface area contributed by atoms with Crippen LogP contribution in [0.3, 0.4) is 0 Å². The highest BCUT2D eigenvalue weighted by Crippen LogP contribution is 2.39. The third-order valence-corrected chi connectivity index (χ3v) is 4.89. The summed E-state index contributed by atoms with van der Waals surface area (Å²) in [5.41, 5.74) is 2.86. The summed E-state index contributed by atoms with van der Waals surface area (Å²) in [4.78, 5) is 4.99. The van der Waals surface area contributed by atoms with Crippen LogP contribution in [0.15, 0.2) is 24.3 Å². The highest BCUT2D eigenvalue weighted by atomic mass is 35.5. The van der Waals surface area contributed by atoms with Gasteiger partial charge in [-0.3, -0.25) is 9.80 Å². The standard InChI is InChI=1S/C15H20Cl2N2.2ClH/c16-5-6-18-7-9-19(10-8-18)15-13-4-2-1-3-12(13)11-14(15)17;;/h1-4,14-15H,5-11H2;2*1H. The molecule has 0 bridgehead atoms. The molecule has 1 saturated heterocycles. The molecule has 0 aromatic heterocycles. The molecule has 120 valence electrons. The topological polar surface area (TPSA) is 6.48 Å². The Balaban J connectivity index is 0.00000110. The van der Waals surface area contributed by atoms with Crippen LogP contribution in [0.4, 0.5) is 0 Å². The van der Waals surface area contributed by atoms with Gasteiger partial charge in [-0.05, 0) is 17.5 Å². The first-order chi connectivity index (χ1) is 9.29. The lowest BCUT2D eigenvalue weighted by molar-refractivity contribution is 0.101. The maximum Gasteiger partial charge on any atom is 0.0573 e.